The average Bonchev–Trinajstić information content (AvgIpc) is 2.35. The van der Waals surface area contributed by atoms with Crippen LogP contribution in [0.2, 0.25) is 0 Å². The van der Waals surface area contributed by atoms with Gasteiger partial charge in [0.15, 0.2) is 6.29 Å². The zero-order valence-corrected chi connectivity index (χ0v) is 12.2. The van der Waals surface area contributed by atoms with Crippen LogP contribution in [0.25, 0.3) is 0 Å². The van der Waals surface area contributed by atoms with Crippen LogP contribution >= 0.6 is 34.8 Å². The maximum Gasteiger partial charge on any atom is 0.407 e. The Hall–Kier alpha value is -0.0600. The number of carbonyl (C=O) groups excluding carboxylic acids is 1. The Morgan fingerprint density at radius 2 is 1.85 bits per heavy atom. The molecular formula is C9H14Cl3NO7. The van der Waals surface area contributed by atoms with Gasteiger partial charge in [0.1, 0.15) is 31.0 Å². The number of halogens is 3. The summed E-state index contributed by atoms with van der Waals surface area (Å²) in [7, 11) is 0. The van der Waals surface area contributed by atoms with Crippen molar-refractivity contribution in [3.05, 3.63) is 0 Å². The molecule has 1 fully saturated rings. The Morgan fingerprint density at radius 1 is 1.25 bits per heavy atom. The molecule has 0 saturated carbocycles. The topological polar surface area (TPSA) is 128 Å². The van der Waals surface area contributed by atoms with E-state index in [2.05, 4.69) is 10.1 Å². The van der Waals surface area contributed by atoms with E-state index in [4.69, 9.17) is 44.6 Å². The Morgan fingerprint density at radius 3 is 2.35 bits per heavy atom. The third-order valence-electron chi connectivity index (χ3n) is 2.55. The van der Waals surface area contributed by atoms with Gasteiger partial charge in [0, 0.05) is 0 Å². The van der Waals surface area contributed by atoms with Gasteiger partial charge in [0.2, 0.25) is 3.79 Å². The predicted octanol–water partition coefficient (Wildman–Crippen LogP) is -1.12. The minimum atomic E-state index is -1.81. The van der Waals surface area contributed by atoms with E-state index in [1.165, 1.54) is 0 Å². The van der Waals surface area contributed by atoms with Crippen LogP contribution in [0.1, 0.15) is 0 Å². The number of alkyl carbamates (subject to hydrolysis) is 1. The van der Waals surface area contributed by atoms with Crippen LogP contribution in [0.5, 0.6) is 0 Å². The number of aliphatic hydroxyl groups excluding tert-OH is 4. The van der Waals surface area contributed by atoms with E-state index in [9.17, 15) is 20.1 Å². The molecule has 1 aliphatic heterocycles. The van der Waals surface area contributed by atoms with Gasteiger partial charge < -0.3 is 35.2 Å². The maximum absolute atomic E-state index is 11.4. The number of aliphatic hydroxyl groups is 4. The van der Waals surface area contributed by atoms with Crippen molar-refractivity contribution in [2.24, 2.45) is 0 Å². The van der Waals surface area contributed by atoms with E-state index in [1.54, 1.807) is 0 Å². The molecule has 0 aromatic heterocycles. The van der Waals surface area contributed by atoms with Gasteiger partial charge in [-0.15, -0.1) is 0 Å². The monoisotopic (exact) mass is 353 g/mol. The summed E-state index contributed by atoms with van der Waals surface area (Å²) in [4.78, 5) is 11.4. The Bertz CT molecular complexity index is 340. The molecule has 0 aliphatic carbocycles. The van der Waals surface area contributed by atoms with Gasteiger partial charge in [-0.2, -0.15) is 0 Å². The van der Waals surface area contributed by atoms with Crippen LogP contribution in [0.3, 0.4) is 0 Å². The smallest absolute Gasteiger partial charge is 0.407 e. The fourth-order valence-electron chi connectivity index (χ4n) is 1.58. The summed E-state index contributed by atoms with van der Waals surface area (Å²) in [5.74, 6) is 0. The van der Waals surface area contributed by atoms with Crippen molar-refractivity contribution < 1.29 is 34.7 Å². The van der Waals surface area contributed by atoms with Crippen molar-refractivity contribution in [3.8, 4) is 0 Å². The molecule has 5 N–H and O–H groups in total. The summed E-state index contributed by atoms with van der Waals surface area (Å²) in [6, 6.07) is -1.37. The SMILES string of the molecule is O=C(N[C@@H]1[C@@H](O)[C@H](O)[C@@H](CO)O[C@H]1O)OCC(Cl)(Cl)Cl. The van der Waals surface area contributed by atoms with Crippen molar-refractivity contribution in [3.63, 3.8) is 0 Å². The first-order valence-electron chi connectivity index (χ1n) is 5.46. The van der Waals surface area contributed by atoms with E-state index in [0.717, 1.165) is 0 Å². The third-order valence-corrected chi connectivity index (χ3v) is 2.88. The lowest BCUT2D eigenvalue weighted by atomic mass is 9.97. The van der Waals surface area contributed by atoms with Gasteiger partial charge in [-0.25, -0.2) is 4.79 Å². The lowest BCUT2D eigenvalue weighted by Crippen LogP contribution is -2.64. The second-order valence-electron chi connectivity index (χ2n) is 4.09. The standard InChI is InChI=1S/C9H14Cl3NO7/c10-9(11,12)2-19-8(18)13-4-6(16)5(15)3(1-14)20-7(4)17/h3-7,14-17H,1-2H2,(H,13,18)/t3-,4-,5-,6-,7-/m1/s1. The quantitative estimate of drug-likeness (QED) is 0.406. The number of nitrogens with one attached hydrogen (secondary N) is 1. The van der Waals surface area contributed by atoms with Gasteiger partial charge in [-0.1, -0.05) is 34.8 Å². The van der Waals surface area contributed by atoms with Crippen molar-refractivity contribution in [2.75, 3.05) is 13.2 Å². The number of hydrogen-bond acceptors (Lipinski definition) is 7. The normalized spacial score (nSPS) is 34.6. The molecule has 8 nitrogen and oxygen atoms in total. The number of hydrogen-bond donors (Lipinski definition) is 5. The van der Waals surface area contributed by atoms with Gasteiger partial charge in [0.25, 0.3) is 0 Å². The summed E-state index contributed by atoms with van der Waals surface area (Å²) >= 11 is 16.1. The second kappa shape index (κ2) is 7.28. The molecule has 1 rings (SSSR count). The highest BCUT2D eigenvalue weighted by atomic mass is 35.6. The molecule has 0 spiro atoms. The van der Waals surface area contributed by atoms with Gasteiger partial charge >= 0.3 is 6.09 Å². The van der Waals surface area contributed by atoms with E-state index in [-0.39, 0.29) is 0 Å². The van der Waals surface area contributed by atoms with Crippen molar-refractivity contribution >= 4 is 40.9 Å². The van der Waals surface area contributed by atoms with Crippen molar-refractivity contribution in [1.29, 1.82) is 0 Å². The van der Waals surface area contributed by atoms with Crippen molar-refractivity contribution in [2.45, 2.75) is 34.4 Å². The van der Waals surface area contributed by atoms with Gasteiger partial charge in [-0.05, 0) is 0 Å². The highest BCUT2D eigenvalue weighted by Gasteiger charge is 2.44. The van der Waals surface area contributed by atoms with Crippen LogP contribution in [-0.2, 0) is 9.47 Å². The average molecular weight is 355 g/mol. The molecule has 20 heavy (non-hydrogen) atoms. The van der Waals surface area contributed by atoms with Crippen LogP contribution in [0.4, 0.5) is 4.79 Å². The molecule has 0 radical (unpaired) electrons. The molecule has 0 unspecified atom stereocenters. The molecule has 1 aliphatic rings. The van der Waals surface area contributed by atoms with E-state index in [1.807, 2.05) is 0 Å². The fourth-order valence-corrected chi connectivity index (χ4v) is 1.74. The Balaban J connectivity index is 2.56. The zero-order chi connectivity index (χ0) is 15.5. The zero-order valence-electron chi connectivity index (χ0n) is 9.95. The third kappa shape index (κ3) is 5.05. The van der Waals surface area contributed by atoms with Crippen LogP contribution in [0, 0.1) is 0 Å². The molecule has 0 aromatic rings. The molecule has 1 amide bonds. The Labute approximate surface area is 129 Å². The first kappa shape index (κ1) is 18.0. The molecule has 1 heterocycles. The molecule has 0 aromatic carbocycles. The highest BCUT2D eigenvalue weighted by molar-refractivity contribution is 6.67. The molecule has 11 heteroatoms. The summed E-state index contributed by atoms with van der Waals surface area (Å²) in [5.41, 5.74) is 0. The van der Waals surface area contributed by atoms with Crippen LogP contribution in [-0.4, -0.2) is 74.2 Å². The molecule has 1 saturated heterocycles. The van der Waals surface area contributed by atoms with Crippen LogP contribution < -0.4 is 5.32 Å². The summed E-state index contributed by atoms with van der Waals surface area (Å²) < 4.78 is 7.56. The maximum atomic E-state index is 11.4. The minimum absolute atomic E-state index is 0.551. The minimum Gasteiger partial charge on any atom is -0.445 e. The van der Waals surface area contributed by atoms with Gasteiger partial charge in [-0.3, -0.25) is 0 Å². The predicted molar refractivity (Wildman–Crippen MR) is 68.5 cm³/mol. The van der Waals surface area contributed by atoms with Crippen molar-refractivity contribution in [1.82, 2.24) is 5.32 Å². The van der Waals surface area contributed by atoms with Gasteiger partial charge in [0.05, 0.1) is 6.61 Å². The van der Waals surface area contributed by atoms with E-state index < -0.39 is 53.7 Å². The summed E-state index contributed by atoms with van der Waals surface area (Å²) in [6.07, 6.45) is -6.98. The molecule has 118 valence electrons. The first-order valence-corrected chi connectivity index (χ1v) is 6.59. The molecule has 5 atom stereocenters. The lowest BCUT2D eigenvalue weighted by molar-refractivity contribution is -0.253. The Kier molecular flexibility index (Phi) is 6.55. The number of ether oxygens (including phenoxy) is 2. The number of carbonyl (C=O) groups is 1. The number of alkyl halides is 3. The molecular weight excluding hydrogens is 340 g/mol. The summed E-state index contributed by atoms with van der Waals surface area (Å²) in [5, 5.41) is 39.9. The molecule has 0 bridgehead atoms. The second-order valence-corrected chi connectivity index (χ2v) is 6.61. The first-order chi connectivity index (χ1) is 9.15. The lowest BCUT2D eigenvalue weighted by Gasteiger charge is -2.40. The fraction of sp³-hybridized carbons (Fsp3) is 0.889. The number of rotatable bonds is 3. The largest absolute Gasteiger partial charge is 0.445 e. The summed E-state index contributed by atoms with van der Waals surface area (Å²) in [6.45, 7) is -1.16. The van der Waals surface area contributed by atoms with E-state index in [0.29, 0.717) is 0 Å². The highest BCUT2D eigenvalue weighted by Crippen LogP contribution is 2.26. The van der Waals surface area contributed by atoms with Crippen LogP contribution in [0.15, 0.2) is 0 Å². The van der Waals surface area contributed by atoms with E-state index >= 15 is 0 Å². The number of amides is 1.